The lowest BCUT2D eigenvalue weighted by Crippen LogP contribution is -2.16. The number of benzene rings is 1. The zero-order valence-corrected chi connectivity index (χ0v) is 11.2. The summed E-state index contributed by atoms with van der Waals surface area (Å²) in [5.74, 6) is 0.835. The summed E-state index contributed by atoms with van der Waals surface area (Å²) in [6.45, 7) is 1.42. The van der Waals surface area contributed by atoms with Crippen molar-refractivity contribution in [1.82, 2.24) is 10.2 Å². The summed E-state index contributed by atoms with van der Waals surface area (Å²) >= 11 is 0. The van der Waals surface area contributed by atoms with Crippen LogP contribution in [0.2, 0.25) is 0 Å². The molecular weight excluding hydrogens is 256 g/mol. The van der Waals surface area contributed by atoms with Crippen LogP contribution >= 0.6 is 0 Å². The second kappa shape index (κ2) is 6.07. The van der Waals surface area contributed by atoms with E-state index in [2.05, 4.69) is 10.2 Å². The molecule has 1 fully saturated rings. The molecule has 0 radical (unpaired) electrons. The van der Waals surface area contributed by atoms with Crippen molar-refractivity contribution < 1.29 is 14.6 Å². The minimum Gasteiger partial charge on any atom is -0.491 e. The van der Waals surface area contributed by atoms with Crippen LogP contribution < -0.4 is 4.74 Å². The fourth-order valence-corrected chi connectivity index (χ4v) is 2.28. The van der Waals surface area contributed by atoms with Gasteiger partial charge in [-0.1, -0.05) is 0 Å². The number of aliphatic hydroxyl groups excluding tert-OH is 1. The van der Waals surface area contributed by atoms with Crippen molar-refractivity contribution in [3.8, 4) is 17.0 Å². The molecule has 0 amide bonds. The number of hydrogen-bond acceptors (Lipinski definition) is 4. The second-order valence-corrected chi connectivity index (χ2v) is 4.91. The van der Waals surface area contributed by atoms with Crippen LogP contribution in [0.1, 0.15) is 18.5 Å². The Hall–Kier alpha value is -1.85. The Labute approximate surface area is 117 Å². The molecule has 1 unspecified atom stereocenters. The van der Waals surface area contributed by atoms with Gasteiger partial charge < -0.3 is 14.6 Å². The molecule has 0 spiro atoms. The van der Waals surface area contributed by atoms with Crippen molar-refractivity contribution in [3.05, 3.63) is 36.0 Å². The molecule has 5 heteroatoms. The fraction of sp³-hybridized carbons (Fsp3) is 0.400. The van der Waals surface area contributed by atoms with Crippen LogP contribution in [0.25, 0.3) is 11.3 Å². The van der Waals surface area contributed by atoms with Crippen LogP contribution in [-0.2, 0) is 11.3 Å². The Kier molecular flexibility index (Phi) is 3.99. The minimum absolute atomic E-state index is 0.0322. The third kappa shape index (κ3) is 3.00. The molecule has 3 rings (SSSR count). The van der Waals surface area contributed by atoms with Crippen molar-refractivity contribution in [1.29, 1.82) is 0 Å². The van der Waals surface area contributed by atoms with E-state index in [1.54, 1.807) is 0 Å². The van der Waals surface area contributed by atoms with Crippen molar-refractivity contribution >= 4 is 0 Å². The third-order valence-corrected chi connectivity index (χ3v) is 3.41. The summed E-state index contributed by atoms with van der Waals surface area (Å²) < 4.78 is 11.2. The first-order valence-electron chi connectivity index (χ1n) is 6.85. The molecule has 20 heavy (non-hydrogen) atoms. The molecule has 1 aliphatic heterocycles. The molecule has 0 bridgehead atoms. The fourth-order valence-electron chi connectivity index (χ4n) is 2.28. The van der Waals surface area contributed by atoms with Gasteiger partial charge in [-0.15, -0.1) is 0 Å². The van der Waals surface area contributed by atoms with Crippen molar-refractivity contribution in [2.45, 2.75) is 25.6 Å². The molecule has 2 heterocycles. The summed E-state index contributed by atoms with van der Waals surface area (Å²) in [5, 5.41) is 15.9. The van der Waals surface area contributed by atoms with Crippen molar-refractivity contribution in [2.24, 2.45) is 0 Å². The summed E-state index contributed by atoms with van der Waals surface area (Å²) in [6, 6.07) is 9.61. The lowest BCUT2D eigenvalue weighted by atomic mass is 10.1. The molecule has 0 saturated carbocycles. The Morgan fingerprint density at radius 1 is 1.35 bits per heavy atom. The SMILES string of the molecule is OCc1cc(-c2ccc(OCC3CCCO3)cc2)n[nH]1. The molecule has 5 nitrogen and oxygen atoms in total. The highest BCUT2D eigenvalue weighted by Gasteiger charge is 2.15. The van der Waals surface area contributed by atoms with Gasteiger partial charge in [-0.3, -0.25) is 5.10 Å². The van der Waals surface area contributed by atoms with Gasteiger partial charge in [0.1, 0.15) is 12.4 Å². The van der Waals surface area contributed by atoms with Gasteiger partial charge in [0.2, 0.25) is 0 Å². The van der Waals surface area contributed by atoms with E-state index in [0.29, 0.717) is 12.3 Å². The first-order chi connectivity index (χ1) is 9.85. The van der Waals surface area contributed by atoms with Gasteiger partial charge in [0.15, 0.2) is 0 Å². The predicted molar refractivity (Wildman–Crippen MR) is 74.4 cm³/mol. The Morgan fingerprint density at radius 2 is 2.20 bits per heavy atom. The summed E-state index contributed by atoms with van der Waals surface area (Å²) in [7, 11) is 0. The van der Waals surface area contributed by atoms with Crippen LogP contribution in [0.5, 0.6) is 5.75 Å². The average Bonchev–Trinajstić information content (AvgIpc) is 3.17. The molecular formula is C15H18N2O3. The zero-order valence-electron chi connectivity index (χ0n) is 11.2. The molecule has 1 saturated heterocycles. The first-order valence-corrected chi connectivity index (χ1v) is 6.85. The number of hydrogen-bond donors (Lipinski definition) is 2. The highest BCUT2D eigenvalue weighted by Crippen LogP contribution is 2.22. The largest absolute Gasteiger partial charge is 0.491 e. The number of rotatable bonds is 5. The molecule has 1 aromatic carbocycles. The Balaban J connectivity index is 1.61. The molecule has 1 aromatic heterocycles. The van der Waals surface area contributed by atoms with E-state index in [-0.39, 0.29) is 12.7 Å². The van der Waals surface area contributed by atoms with Gasteiger partial charge in [0.05, 0.1) is 24.1 Å². The molecule has 2 N–H and O–H groups in total. The predicted octanol–water partition coefficient (Wildman–Crippen LogP) is 2.13. The topological polar surface area (TPSA) is 67.4 Å². The molecule has 2 aromatic rings. The van der Waals surface area contributed by atoms with Crippen molar-refractivity contribution in [3.63, 3.8) is 0 Å². The normalized spacial score (nSPS) is 18.4. The number of aromatic nitrogens is 2. The van der Waals surface area contributed by atoms with Gasteiger partial charge in [-0.25, -0.2) is 0 Å². The number of aliphatic hydroxyl groups is 1. The van der Waals surface area contributed by atoms with Crippen LogP contribution in [0.3, 0.4) is 0 Å². The monoisotopic (exact) mass is 274 g/mol. The van der Waals surface area contributed by atoms with E-state index >= 15 is 0 Å². The maximum Gasteiger partial charge on any atom is 0.119 e. The van der Waals surface area contributed by atoms with E-state index in [0.717, 1.165) is 36.5 Å². The second-order valence-electron chi connectivity index (χ2n) is 4.91. The zero-order chi connectivity index (χ0) is 13.8. The highest BCUT2D eigenvalue weighted by atomic mass is 16.5. The molecule has 1 atom stereocenters. The van der Waals surface area contributed by atoms with E-state index in [1.807, 2.05) is 30.3 Å². The van der Waals surface area contributed by atoms with E-state index in [1.165, 1.54) is 0 Å². The number of nitrogens with one attached hydrogen (secondary N) is 1. The molecule has 1 aliphatic rings. The number of H-pyrrole nitrogens is 1. The highest BCUT2D eigenvalue weighted by molar-refractivity contribution is 5.60. The first kappa shape index (κ1) is 13.1. The summed E-state index contributed by atoms with van der Waals surface area (Å²) in [4.78, 5) is 0. The molecule has 0 aliphatic carbocycles. The standard InChI is InChI=1S/C15H18N2O3/c18-9-12-8-15(17-16-12)11-3-5-13(6-4-11)20-10-14-2-1-7-19-14/h3-6,8,14,18H,1-2,7,9-10H2,(H,16,17). The summed E-state index contributed by atoms with van der Waals surface area (Å²) in [6.07, 6.45) is 2.43. The lowest BCUT2D eigenvalue weighted by Gasteiger charge is -2.11. The smallest absolute Gasteiger partial charge is 0.119 e. The summed E-state index contributed by atoms with van der Waals surface area (Å²) in [5.41, 5.74) is 2.52. The Morgan fingerprint density at radius 3 is 2.85 bits per heavy atom. The van der Waals surface area contributed by atoms with Crippen LogP contribution in [0.4, 0.5) is 0 Å². The van der Waals surface area contributed by atoms with Gasteiger partial charge in [0.25, 0.3) is 0 Å². The van der Waals surface area contributed by atoms with Gasteiger partial charge in [-0.2, -0.15) is 5.10 Å². The average molecular weight is 274 g/mol. The van der Waals surface area contributed by atoms with Crippen molar-refractivity contribution in [2.75, 3.05) is 13.2 Å². The third-order valence-electron chi connectivity index (χ3n) is 3.41. The number of nitrogens with zero attached hydrogens (tertiary/aromatic N) is 1. The van der Waals surface area contributed by atoms with E-state index in [9.17, 15) is 0 Å². The molecule has 106 valence electrons. The maximum atomic E-state index is 9.01. The Bertz CT molecular complexity index is 545. The number of aromatic amines is 1. The van der Waals surface area contributed by atoms with Crippen LogP contribution in [0.15, 0.2) is 30.3 Å². The quantitative estimate of drug-likeness (QED) is 0.876. The van der Waals surface area contributed by atoms with E-state index < -0.39 is 0 Å². The van der Waals surface area contributed by atoms with Crippen LogP contribution in [-0.4, -0.2) is 34.6 Å². The minimum atomic E-state index is -0.0322. The van der Waals surface area contributed by atoms with Crippen LogP contribution in [0, 0.1) is 0 Å². The van der Waals surface area contributed by atoms with E-state index in [4.69, 9.17) is 14.6 Å². The number of ether oxygens (including phenoxy) is 2. The van der Waals surface area contributed by atoms with Gasteiger partial charge in [-0.05, 0) is 43.2 Å². The lowest BCUT2D eigenvalue weighted by molar-refractivity contribution is 0.0679. The maximum absolute atomic E-state index is 9.01. The van der Waals surface area contributed by atoms with Gasteiger partial charge >= 0.3 is 0 Å². The van der Waals surface area contributed by atoms with Gasteiger partial charge in [0, 0.05) is 12.2 Å².